The van der Waals surface area contributed by atoms with Crippen molar-refractivity contribution in [3.63, 3.8) is 0 Å². The summed E-state index contributed by atoms with van der Waals surface area (Å²) in [5, 5.41) is 0. The lowest BCUT2D eigenvalue weighted by Gasteiger charge is -2.16. The molecular formula is C20H28ClNO2. The number of unbranched alkanes of at least 4 members (excludes halogenated alkanes) is 2. The first kappa shape index (κ1) is 20.3. The summed E-state index contributed by atoms with van der Waals surface area (Å²) in [4.78, 5) is 0. The highest BCUT2D eigenvalue weighted by Crippen LogP contribution is 2.31. The van der Waals surface area contributed by atoms with Crippen molar-refractivity contribution in [3.8, 4) is 11.5 Å². The molecule has 0 aromatic heterocycles. The molecule has 24 heavy (non-hydrogen) atoms. The Bertz CT molecular complexity index is 589. The van der Waals surface area contributed by atoms with Crippen molar-refractivity contribution in [1.82, 2.24) is 0 Å². The van der Waals surface area contributed by atoms with E-state index in [0.29, 0.717) is 6.61 Å². The summed E-state index contributed by atoms with van der Waals surface area (Å²) in [7, 11) is 1.66. The predicted molar refractivity (Wildman–Crippen MR) is 102 cm³/mol. The van der Waals surface area contributed by atoms with Gasteiger partial charge in [-0.05, 0) is 29.7 Å². The van der Waals surface area contributed by atoms with Gasteiger partial charge in [0.1, 0.15) is 6.61 Å². The second kappa shape index (κ2) is 11.0. The first-order valence-electron chi connectivity index (χ1n) is 8.34. The Hall–Kier alpha value is -1.71. The van der Waals surface area contributed by atoms with Gasteiger partial charge >= 0.3 is 0 Å². The minimum atomic E-state index is 0. The molecule has 0 aliphatic heterocycles. The molecular weight excluding hydrogens is 322 g/mol. The number of benzene rings is 2. The molecule has 0 unspecified atom stereocenters. The van der Waals surface area contributed by atoms with E-state index in [4.69, 9.17) is 15.2 Å². The Morgan fingerprint density at radius 1 is 1.00 bits per heavy atom. The van der Waals surface area contributed by atoms with Crippen LogP contribution in [-0.4, -0.2) is 7.11 Å². The fourth-order valence-corrected chi connectivity index (χ4v) is 2.55. The molecule has 0 saturated heterocycles. The molecule has 0 aliphatic carbocycles. The van der Waals surface area contributed by atoms with E-state index >= 15 is 0 Å². The normalized spacial score (nSPS) is 11.5. The van der Waals surface area contributed by atoms with Gasteiger partial charge in [0.15, 0.2) is 11.5 Å². The summed E-state index contributed by atoms with van der Waals surface area (Å²) < 4.78 is 11.4. The average Bonchev–Trinajstić information content (AvgIpc) is 2.60. The fraction of sp³-hybridized carbons (Fsp3) is 0.400. The highest BCUT2D eigenvalue weighted by atomic mass is 35.5. The van der Waals surface area contributed by atoms with Gasteiger partial charge in [-0.3, -0.25) is 0 Å². The molecule has 2 rings (SSSR count). The predicted octanol–water partition coefficient (Wildman–Crippen LogP) is 5.28. The summed E-state index contributed by atoms with van der Waals surface area (Å²) >= 11 is 0. The van der Waals surface area contributed by atoms with Gasteiger partial charge in [0, 0.05) is 6.04 Å². The molecule has 1 atom stereocenters. The SMILES string of the molecule is CCCCC[C@@H](N)c1ccc(OCc2ccccc2)c(OC)c1.Cl. The summed E-state index contributed by atoms with van der Waals surface area (Å²) in [6.45, 7) is 2.73. The molecule has 0 saturated carbocycles. The van der Waals surface area contributed by atoms with Crippen LogP contribution in [0.4, 0.5) is 0 Å². The van der Waals surface area contributed by atoms with Crippen LogP contribution < -0.4 is 15.2 Å². The smallest absolute Gasteiger partial charge is 0.161 e. The lowest BCUT2D eigenvalue weighted by Crippen LogP contribution is -2.10. The largest absolute Gasteiger partial charge is 0.493 e. The van der Waals surface area contributed by atoms with E-state index in [-0.39, 0.29) is 18.4 Å². The maximum Gasteiger partial charge on any atom is 0.161 e. The van der Waals surface area contributed by atoms with E-state index in [9.17, 15) is 0 Å². The Morgan fingerprint density at radius 3 is 2.42 bits per heavy atom. The van der Waals surface area contributed by atoms with Crippen molar-refractivity contribution >= 4 is 12.4 Å². The lowest BCUT2D eigenvalue weighted by molar-refractivity contribution is 0.284. The van der Waals surface area contributed by atoms with Crippen LogP contribution in [0.2, 0.25) is 0 Å². The monoisotopic (exact) mass is 349 g/mol. The molecule has 0 fully saturated rings. The second-order valence-electron chi connectivity index (χ2n) is 5.79. The van der Waals surface area contributed by atoms with Crippen LogP contribution in [0.25, 0.3) is 0 Å². The minimum absolute atomic E-state index is 0. The van der Waals surface area contributed by atoms with Crippen LogP contribution in [0.1, 0.15) is 49.8 Å². The topological polar surface area (TPSA) is 44.5 Å². The number of methoxy groups -OCH3 is 1. The maximum absolute atomic E-state index is 6.28. The van der Waals surface area contributed by atoms with Crippen LogP contribution in [0.3, 0.4) is 0 Å². The van der Waals surface area contributed by atoms with Gasteiger partial charge in [0.05, 0.1) is 7.11 Å². The Morgan fingerprint density at radius 2 is 1.75 bits per heavy atom. The zero-order chi connectivity index (χ0) is 16.5. The highest BCUT2D eigenvalue weighted by molar-refractivity contribution is 5.85. The average molecular weight is 350 g/mol. The Kier molecular flexibility index (Phi) is 9.28. The molecule has 0 spiro atoms. The fourth-order valence-electron chi connectivity index (χ4n) is 2.55. The third kappa shape index (κ3) is 6.06. The van der Waals surface area contributed by atoms with Gasteiger partial charge in [-0.25, -0.2) is 0 Å². The van der Waals surface area contributed by atoms with Crippen molar-refractivity contribution in [2.45, 2.75) is 45.3 Å². The molecule has 0 radical (unpaired) electrons. The van der Waals surface area contributed by atoms with Crippen molar-refractivity contribution in [3.05, 3.63) is 59.7 Å². The van der Waals surface area contributed by atoms with Crippen molar-refractivity contribution < 1.29 is 9.47 Å². The van der Waals surface area contributed by atoms with Crippen LogP contribution in [0.15, 0.2) is 48.5 Å². The summed E-state index contributed by atoms with van der Waals surface area (Å²) in [5.41, 5.74) is 8.51. The number of hydrogen-bond acceptors (Lipinski definition) is 3. The third-order valence-corrected chi connectivity index (χ3v) is 3.97. The Labute approximate surface area is 151 Å². The van der Waals surface area contributed by atoms with E-state index < -0.39 is 0 Å². The van der Waals surface area contributed by atoms with Crippen molar-refractivity contribution in [2.75, 3.05) is 7.11 Å². The lowest BCUT2D eigenvalue weighted by atomic mass is 10.0. The summed E-state index contributed by atoms with van der Waals surface area (Å²) in [5.74, 6) is 1.49. The third-order valence-electron chi connectivity index (χ3n) is 3.97. The number of hydrogen-bond donors (Lipinski definition) is 1. The van der Waals surface area contributed by atoms with Gasteiger partial charge in [0.2, 0.25) is 0 Å². The van der Waals surface area contributed by atoms with Gasteiger partial charge in [-0.15, -0.1) is 12.4 Å². The van der Waals surface area contributed by atoms with E-state index in [1.165, 1.54) is 12.8 Å². The summed E-state index contributed by atoms with van der Waals surface area (Å²) in [6, 6.07) is 16.2. The molecule has 0 amide bonds. The van der Waals surface area contributed by atoms with E-state index in [2.05, 4.69) is 6.92 Å². The molecule has 2 aromatic carbocycles. The molecule has 2 aromatic rings. The van der Waals surface area contributed by atoms with Crippen LogP contribution >= 0.6 is 12.4 Å². The first-order valence-corrected chi connectivity index (χ1v) is 8.34. The van der Waals surface area contributed by atoms with Gasteiger partial charge in [-0.1, -0.05) is 62.6 Å². The molecule has 3 nitrogen and oxygen atoms in total. The maximum atomic E-state index is 6.28. The number of ether oxygens (including phenoxy) is 2. The molecule has 0 bridgehead atoms. The Balaban J connectivity index is 0.00000288. The zero-order valence-corrected chi connectivity index (χ0v) is 15.4. The molecule has 2 N–H and O–H groups in total. The molecule has 4 heteroatoms. The van der Waals surface area contributed by atoms with E-state index in [1.807, 2.05) is 48.5 Å². The van der Waals surface area contributed by atoms with Gasteiger partial charge in [-0.2, -0.15) is 0 Å². The van der Waals surface area contributed by atoms with Crippen molar-refractivity contribution in [1.29, 1.82) is 0 Å². The summed E-state index contributed by atoms with van der Waals surface area (Å²) in [6.07, 6.45) is 4.60. The standard InChI is InChI=1S/C20H27NO2.ClH/c1-3-4-6-11-18(21)17-12-13-19(20(14-17)22-2)23-15-16-9-7-5-8-10-16;/h5,7-10,12-14,18H,3-4,6,11,15,21H2,1-2H3;1H/t18-;/m1./s1. The zero-order valence-electron chi connectivity index (χ0n) is 14.5. The quantitative estimate of drug-likeness (QED) is 0.626. The van der Waals surface area contributed by atoms with Crippen LogP contribution in [-0.2, 0) is 6.61 Å². The number of halogens is 1. The van der Waals surface area contributed by atoms with Crippen LogP contribution in [0, 0.1) is 0 Å². The molecule has 132 valence electrons. The van der Waals surface area contributed by atoms with E-state index in [1.54, 1.807) is 7.11 Å². The van der Waals surface area contributed by atoms with Crippen molar-refractivity contribution in [2.24, 2.45) is 5.73 Å². The van der Waals surface area contributed by atoms with E-state index in [0.717, 1.165) is 35.5 Å². The molecule has 0 heterocycles. The highest BCUT2D eigenvalue weighted by Gasteiger charge is 2.11. The second-order valence-corrected chi connectivity index (χ2v) is 5.79. The minimum Gasteiger partial charge on any atom is -0.493 e. The van der Waals surface area contributed by atoms with Crippen LogP contribution in [0.5, 0.6) is 11.5 Å². The number of rotatable bonds is 9. The number of nitrogens with two attached hydrogens (primary N) is 1. The van der Waals surface area contributed by atoms with Gasteiger partial charge in [0.25, 0.3) is 0 Å². The van der Waals surface area contributed by atoms with Gasteiger partial charge < -0.3 is 15.2 Å². The first-order chi connectivity index (χ1) is 11.2. The molecule has 0 aliphatic rings.